The van der Waals surface area contributed by atoms with Gasteiger partial charge < -0.3 is 5.11 Å². The number of hydrogen-bond donors (Lipinski definition) is 2. The van der Waals surface area contributed by atoms with E-state index >= 15 is 0 Å². The summed E-state index contributed by atoms with van der Waals surface area (Å²) >= 11 is 3.39. The summed E-state index contributed by atoms with van der Waals surface area (Å²) in [6, 6.07) is 7.23. The van der Waals surface area contributed by atoms with Gasteiger partial charge in [0.25, 0.3) is 5.56 Å². The van der Waals surface area contributed by atoms with Crippen LogP contribution in [0.4, 0.5) is 0 Å². The number of H-pyrrole nitrogens is 1. The van der Waals surface area contributed by atoms with E-state index in [0.717, 1.165) is 17.3 Å². The third kappa shape index (κ3) is 1.96. The fourth-order valence-electron chi connectivity index (χ4n) is 2.35. The Bertz CT molecular complexity index is 911. The predicted octanol–water partition coefficient (Wildman–Crippen LogP) is 2.43. The van der Waals surface area contributed by atoms with Crippen molar-refractivity contribution in [1.82, 2.24) is 19.6 Å². The second-order valence-corrected chi connectivity index (χ2v) is 5.97. The van der Waals surface area contributed by atoms with Crippen LogP contribution < -0.4 is 5.56 Å². The van der Waals surface area contributed by atoms with Gasteiger partial charge in [-0.1, -0.05) is 34.1 Å². The number of aromatic nitrogens is 4. The highest BCUT2D eigenvalue weighted by atomic mass is 79.9. The Morgan fingerprint density at radius 2 is 2.10 bits per heavy atom. The molecular weight excluding hydrogens is 336 g/mol. The van der Waals surface area contributed by atoms with Crippen molar-refractivity contribution < 1.29 is 5.11 Å². The van der Waals surface area contributed by atoms with Gasteiger partial charge in [-0.2, -0.15) is 9.50 Å². The van der Waals surface area contributed by atoms with E-state index in [1.54, 1.807) is 12.1 Å². The number of hydrogen-bond acceptors (Lipinski definition) is 4. The number of aromatic hydroxyl groups is 1. The third-order valence-electron chi connectivity index (χ3n) is 3.59. The number of fused-ring (bicyclic) bond motifs is 1. The quantitative estimate of drug-likeness (QED) is 0.746. The smallest absolute Gasteiger partial charge is 0.264 e. The topological polar surface area (TPSA) is 83.3 Å². The van der Waals surface area contributed by atoms with Gasteiger partial charge in [0.05, 0.1) is 0 Å². The first-order valence-electron chi connectivity index (χ1n) is 6.62. The molecule has 0 aliphatic heterocycles. The number of nitrogens with zero attached hydrogens (tertiary/aromatic N) is 3. The van der Waals surface area contributed by atoms with Crippen LogP contribution in [0.5, 0.6) is 5.88 Å². The molecule has 21 heavy (non-hydrogen) atoms. The Hall–Kier alpha value is -2.15. The monoisotopic (exact) mass is 346 g/mol. The zero-order valence-corrected chi connectivity index (χ0v) is 12.5. The average molecular weight is 347 g/mol. The van der Waals surface area contributed by atoms with Crippen molar-refractivity contribution >= 4 is 21.7 Å². The van der Waals surface area contributed by atoms with Crippen molar-refractivity contribution in [3.05, 3.63) is 44.9 Å². The van der Waals surface area contributed by atoms with Crippen molar-refractivity contribution in [1.29, 1.82) is 0 Å². The standard InChI is InChI=1S/C14H11BrN4O2/c15-9-4-2-1-3-8(9)10-12(20)17-14-16-11(7-5-6-7)18-19(14)13(10)21/h1-4,7,21H,5-6H2,(H,16,17,18,20). The maximum Gasteiger partial charge on any atom is 0.264 e. The lowest BCUT2D eigenvalue weighted by atomic mass is 10.1. The van der Waals surface area contributed by atoms with E-state index < -0.39 is 0 Å². The number of benzene rings is 1. The van der Waals surface area contributed by atoms with Gasteiger partial charge in [0.1, 0.15) is 5.56 Å². The van der Waals surface area contributed by atoms with E-state index in [1.165, 1.54) is 4.52 Å². The summed E-state index contributed by atoms with van der Waals surface area (Å²) in [7, 11) is 0. The molecule has 106 valence electrons. The van der Waals surface area contributed by atoms with Gasteiger partial charge in [-0.15, -0.1) is 5.10 Å². The van der Waals surface area contributed by atoms with Gasteiger partial charge in [-0.3, -0.25) is 9.78 Å². The molecule has 1 aliphatic rings. The normalized spacial score (nSPS) is 14.7. The van der Waals surface area contributed by atoms with E-state index in [0.29, 0.717) is 17.3 Å². The lowest BCUT2D eigenvalue weighted by molar-refractivity contribution is 0.436. The Morgan fingerprint density at radius 3 is 2.81 bits per heavy atom. The summed E-state index contributed by atoms with van der Waals surface area (Å²) < 4.78 is 2.02. The van der Waals surface area contributed by atoms with Crippen LogP contribution in [0, 0.1) is 0 Å². The average Bonchev–Trinajstić information content (AvgIpc) is 3.22. The number of aromatic amines is 1. The molecule has 1 aliphatic carbocycles. The minimum atomic E-state index is -0.387. The van der Waals surface area contributed by atoms with Crippen LogP contribution in [-0.4, -0.2) is 24.7 Å². The zero-order chi connectivity index (χ0) is 14.6. The van der Waals surface area contributed by atoms with E-state index in [9.17, 15) is 9.90 Å². The van der Waals surface area contributed by atoms with Gasteiger partial charge >= 0.3 is 0 Å². The molecule has 2 aromatic heterocycles. The van der Waals surface area contributed by atoms with Crippen molar-refractivity contribution in [2.45, 2.75) is 18.8 Å². The number of nitrogens with one attached hydrogen (secondary N) is 1. The SMILES string of the molecule is O=c1[nH]c2nc(C3CC3)nn2c(O)c1-c1ccccc1Br. The molecule has 0 spiro atoms. The van der Waals surface area contributed by atoms with Crippen LogP contribution in [-0.2, 0) is 0 Å². The minimum absolute atomic E-state index is 0.183. The van der Waals surface area contributed by atoms with Crippen molar-refractivity contribution in [2.24, 2.45) is 0 Å². The molecule has 0 unspecified atom stereocenters. The molecule has 3 aromatic rings. The molecule has 0 radical (unpaired) electrons. The molecule has 1 aromatic carbocycles. The van der Waals surface area contributed by atoms with Crippen LogP contribution >= 0.6 is 15.9 Å². The molecule has 0 saturated heterocycles. The fraction of sp³-hybridized carbons (Fsp3) is 0.214. The first-order chi connectivity index (χ1) is 10.1. The first-order valence-corrected chi connectivity index (χ1v) is 7.41. The van der Waals surface area contributed by atoms with Crippen LogP contribution in [0.25, 0.3) is 16.9 Å². The van der Waals surface area contributed by atoms with Crippen LogP contribution in [0.2, 0.25) is 0 Å². The molecular formula is C14H11BrN4O2. The molecule has 6 nitrogen and oxygen atoms in total. The van der Waals surface area contributed by atoms with Crippen molar-refractivity contribution in [3.63, 3.8) is 0 Å². The highest BCUT2D eigenvalue weighted by Crippen LogP contribution is 2.38. The Balaban J connectivity index is 2.01. The summed E-state index contributed by atoms with van der Waals surface area (Å²) in [5.41, 5.74) is 0.408. The summed E-state index contributed by atoms with van der Waals surface area (Å²) in [5.74, 6) is 1.10. The second kappa shape index (κ2) is 4.42. The second-order valence-electron chi connectivity index (χ2n) is 5.11. The van der Waals surface area contributed by atoms with E-state index in [-0.39, 0.29) is 22.8 Å². The van der Waals surface area contributed by atoms with Crippen LogP contribution in [0.3, 0.4) is 0 Å². The lowest BCUT2D eigenvalue weighted by Crippen LogP contribution is -2.13. The van der Waals surface area contributed by atoms with Gasteiger partial charge in [-0.25, -0.2) is 0 Å². The highest BCUT2D eigenvalue weighted by Gasteiger charge is 2.29. The molecule has 2 N–H and O–H groups in total. The summed E-state index contributed by atoms with van der Waals surface area (Å²) in [6.45, 7) is 0. The zero-order valence-electron chi connectivity index (χ0n) is 10.9. The van der Waals surface area contributed by atoms with Gasteiger partial charge in [-0.05, 0) is 18.9 Å². The number of halogens is 1. The molecule has 0 bridgehead atoms. The van der Waals surface area contributed by atoms with Crippen LogP contribution in [0.1, 0.15) is 24.6 Å². The Kier molecular flexibility index (Phi) is 2.65. The van der Waals surface area contributed by atoms with E-state index in [2.05, 4.69) is 31.0 Å². The fourth-order valence-corrected chi connectivity index (χ4v) is 2.83. The van der Waals surface area contributed by atoms with E-state index in [1.807, 2.05) is 12.1 Å². The molecule has 1 saturated carbocycles. The van der Waals surface area contributed by atoms with Gasteiger partial charge in [0.15, 0.2) is 5.82 Å². The molecule has 1 fully saturated rings. The highest BCUT2D eigenvalue weighted by molar-refractivity contribution is 9.10. The predicted molar refractivity (Wildman–Crippen MR) is 80.4 cm³/mol. The third-order valence-corrected chi connectivity index (χ3v) is 4.28. The Labute approximate surface area is 127 Å². The Morgan fingerprint density at radius 1 is 1.33 bits per heavy atom. The largest absolute Gasteiger partial charge is 0.493 e. The molecule has 0 amide bonds. The summed E-state index contributed by atoms with van der Waals surface area (Å²) in [4.78, 5) is 19.2. The van der Waals surface area contributed by atoms with Gasteiger partial charge in [0, 0.05) is 16.0 Å². The molecule has 0 atom stereocenters. The van der Waals surface area contributed by atoms with Crippen molar-refractivity contribution in [3.8, 4) is 17.0 Å². The van der Waals surface area contributed by atoms with E-state index in [4.69, 9.17) is 0 Å². The maximum absolute atomic E-state index is 12.3. The molecule has 4 rings (SSSR count). The molecule has 7 heteroatoms. The van der Waals surface area contributed by atoms with Crippen molar-refractivity contribution in [2.75, 3.05) is 0 Å². The number of rotatable bonds is 2. The first kappa shape index (κ1) is 12.6. The minimum Gasteiger partial charge on any atom is -0.493 e. The summed E-state index contributed by atoms with van der Waals surface area (Å²) in [6.07, 6.45) is 2.11. The maximum atomic E-state index is 12.3. The molecule has 2 heterocycles. The van der Waals surface area contributed by atoms with Gasteiger partial charge in [0.2, 0.25) is 11.7 Å². The van der Waals surface area contributed by atoms with Crippen LogP contribution in [0.15, 0.2) is 33.5 Å². The summed E-state index contributed by atoms with van der Waals surface area (Å²) in [5, 5.41) is 14.7. The lowest BCUT2D eigenvalue weighted by Gasteiger charge is -2.06.